The normalized spacial score (nSPS) is 17.0. The lowest BCUT2D eigenvalue weighted by atomic mass is 10.1. The topological polar surface area (TPSA) is 121 Å². The minimum absolute atomic E-state index is 0.0284. The second-order valence-electron chi connectivity index (χ2n) is 7.80. The number of aryl methyl sites for hydroxylation is 1. The number of amides is 2. The van der Waals surface area contributed by atoms with E-state index in [2.05, 4.69) is 20.7 Å². The number of benzene rings is 1. The summed E-state index contributed by atoms with van der Waals surface area (Å²) >= 11 is 11.4. The molecule has 1 saturated heterocycles. The number of ether oxygens (including phenoxy) is 1. The molecule has 0 bridgehead atoms. The molecular weight excluding hydrogens is 539 g/mol. The quantitative estimate of drug-likeness (QED) is 0.408. The molecule has 2 aromatic heterocycles. The first-order valence-electron chi connectivity index (χ1n) is 10.5. The van der Waals surface area contributed by atoms with Crippen LogP contribution in [0.3, 0.4) is 0 Å². The van der Waals surface area contributed by atoms with Gasteiger partial charge in [-0.25, -0.2) is 18.4 Å². The zero-order chi connectivity index (χ0) is 26.0. The van der Waals surface area contributed by atoms with E-state index in [4.69, 9.17) is 27.9 Å². The number of carbonyl (C=O) groups excluding carboxylic acids is 2. The molecule has 0 spiro atoms. The summed E-state index contributed by atoms with van der Waals surface area (Å²) in [6.45, 7) is 0.735. The van der Waals surface area contributed by atoms with Gasteiger partial charge in [-0.2, -0.15) is 0 Å². The van der Waals surface area contributed by atoms with Crippen molar-refractivity contribution in [3.8, 4) is 11.7 Å². The van der Waals surface area contributed by atoms with Crippen LogP contribution >= 0.6 is 23.2 Å². The summed E-state index contributed by atoms with van der Waals surface area (Å²) in [5.74, 6) is -0.603. The second-order valence-corrected chi connectivity index (χ2v) is 10.2. The van der Waals surface area contributed by atoms with Crippen LogP contribution in [0.2, 0.25) is 10.0 Å². The molecular formula is C22H19Cl2F2N5O4S. The van der Waals surface area contributed by atoms with Gasteiger partial charge in [-0.15, -0.1) is 5.10 Å². The molecule has 0 saturated carbocycles. The zero-order valence-electron chi connectivity index (χ0n) is 18.6. The summed E-state index contributed by atoms with van der Waals surface area (Å²) in [6.07, 6.45) is -1.60. The van der Waals surface area contributed by atoms with Crippen LogP contribution in [-0.2, 0) is 11.2 Å². The molecule has 190 valence electrons. The Kier molecular flexibility index (Phi) is 7.98. The van der Waals surface area contributed by atoms with Crippen LogP contribution in [0.5, 0.6) is 5.88 Å². The molecule has 2 N–H and O–H groups in total. The highest BCUT2D eigenvalue weighted by Gasteiger charge is 2.35. The molecule has 36 heavy (non-hydrogen) atoms. The molecule has 3 aromatic rings. The largest absolute Gasteiger partial charge is 0.616 e. The van der Waals surface area contributed by atoms with Crippen LogP contribution in [0.4, 0.5) is 14.5 Å². The van der Waals surface area contributed by atoms with Crippen molar-refractivity contribution in [3.05, 3.63) is 63.4 Å². The maximum atomic E-state index is 13.4. The Morgan fingerprint density at radius 2 is 2.03 bits per heavy atom. The summed E-state index contributed by atoms with van der Waals surface area (Å²) in [4.78, 5) is 30.2. The highest BCUT2D eigenvalue weighted by atomic mass is 35.5. The minimum Gasteiger partial charge on any atom is -0.616 e. The van der Waals surface area contributed by atoms with Crippen LogP contribution < -0.4 is 15.4 Å². The third kappa shape index (κ3) is 5.89. The highest BCUT2D eigenvalue weighted by Crippen LogP contribution is 2.29. The standard InChI is InChI=1S/C22H19Cl2F2N5O4S/c1-11-5-12(23)6-14(21(32)28-8-17(25)26)19(11)29-22(33)16-7-18(35-13-9-36(34)10-13)30-31(16)20-15(24)3-2-4-27-20/h2-7,13,17H,8-10H2,1H3,(H,28,32)(H,29,33). The molecule has 9 nitrogen and oxygen atoms in total. The average Bonchev–Trinajstić information content (AvgIpc) is 3.22. The monoisotopic (exact) mass is 557 g/mol. The molecule has 3 heterocycles. The van der Waals surface area contributed by atoms with Crippen LogP contribution in [0.25, 0.3) is 5.82 Å². The van der Waals surface area contributed by atoms with Gasteiger partial charge >= 0.3 is 0 Å². The van der Waals surface area contributed by atoms with Gasteiger partial charge in [0.2, 0.25) is 5.88 Å². The third-order valence-electron chi connectivity index (χ3n) is 5.09. The Morgan fingerprint density at radius 3 is 2.69 bits per heavy atom. The van der Waals surface area contributed by atoms with Gasteiger partial charge in [0, 0.05) is 17.3 Å². The van der Waals surface area contributed by atoms with E-state index in [-0.39, 0.29) is 44.8 Å². The van der Waals surface area contributed by atoms with E-state index in [1.165, 1.54) is 29.1 Å². The number of nitrogens with one attached hydrogen (secondary N) is 2. The fourth-order valence-corrected chi connectivity index (χ4v) is 4.75. The van der Waals surface area contributed by atoms with E-state index < -0.39 is 36.0 Å². The van der Waals surface area contributed by atoms with Gasteiger partial charge < -0.3 is 19.9 Å². The fraction of sp³-hybridized carbons (Fsp3) is 0.273. The number of pyridine rings is 1. The first kappa shape index (κ1) is 26.1. The number of hydrogen-bond acceptors (Lipinski definition) is 6. The van der Waals surface area contributed by atoms with Crippen molar-refractivity contribution in [3.63, 3.8) is 0 Å². The third-order valence-corrected chi connectivity index (χ3v) is 7.09. The number of aromatic nitrogens is 3. The van der Waals surface area contributed by atoms with Gasteiger partial charge in [0.25, 0.3) is 18.2 Å². The molecule has 1 aromatic carbocycles. The Morgan fingerprint density at radius 1 is 1.28 bits per heavy atom. The SMILES string of the molecule is Cc1cc(Cl)cc(C(=O)NCC(F)F)c1NC(=O)c1cc(OC2C[S+]([O-])C2)nn1-c1ncccc1Cl. The molecule has 1 aliphatic heterocycles. The summed E-state index contributed by atoms with van der Waals surface area (Å²) in [5, 5.41) is 9.44. The fourth-order valence-electron chi connectivity index (χ4n) is 3.41. The van der Waals surface area contributed by atoms with Crippen LogP contribution in [0.15, 0.2) is 36.5 Å². The summed E-state index contributed by atoms with van der Waals surface area (Å²) < 4.78 is 43.6. The Hall–Kier alpha value is -2.93. The lowest BCUT2D eigenvalue weighted by molar-refractivity contribution is 0.0892. The first-order chi connectivity index (χ1) is 17.1. The van der Waals surface area contributed by atoms with Crippen molar-refractivity contribution in [2.75, 3.05) is 23.4 Å². The molecule has 4 rings (SSSR count). The van der Waals surface area contributed by atoms with E-state index in [0.29, 0.717) is 17.1 Å². The number of alkyl halides is 2. The Labute approximate surface area is 217 Å². The molecule has 2 amide bonds. The van der Waals surface area contributed by atoms with Crippen molar-refractivity contribution in [1.29, 1.82) is 0 Å². The van der Waals surface area contributed by atoms with Gasteiger partial charge in [0.05, 0.1) is 22.8 Å². The van der Waals surface area contributed by atoms with Gasteiger partial charge in [-0.3, -0.25) is 9.59 Å². The molecule has 0 atom stereocenters. The van der Waals surface area contributed by atoms with Crippen LogP contribution in [0, 0.1) is 6.92 Å². The van der Waals surface area contributed by atoms with Crippen molar-refractivity contribution < 1.29 is 27.7 Å². The number of rotatable bonds is 8. The summed E-state index contributed by atoms with van der Waals surface area (Å²) in [7, 11) is 0. The Bertz CT molecular complexity index is 1300. The molecule has 14 heteroatoms. The predicted octanol–water partition coefficient (Wildman–Crippen LogP) is 3.64. The predicted molar refractivity (Wildman–Crippen MR) is 131 cm³/mol. The minimum atomic E-state index is -2.75. The van der Waals surface area contributed by atoms with E-state index >= 15 is 0 Å². The van der Waals surface area contributed by atoms with Crippen LogP contribution in [0.1, 0.15) is 26.4 Å². The Balaban J connectivity index is 1.68. The van der Waals surface area contributed by atoms with Gasteiger partial charge in [-0.1, -0.05) is 23.2 Å². The lowest BCUT2D eigenvalue weighted by Crippen LogP contribution is -2.45. The molecule has 0 radical (unpaired) electrons. The molecule has 0 aliphatic carbocycles. The van der Waals surface area contributed by atoms with Gasteiger partial charge in [0.15, 0.2) is 11.9 Å². The number of anilines is 1. The summed E-state index contributed by atoms with van der Waals surface area (Å²) in [5.41, 5.74) is 0.380. The zero-order valence-corrected chi connectivity index (χ0v) is 21.0. The number of nitrogens with zero attached hydrogens (tertiary/aromatic N) is 3. The summed E-state index contributed by atoms with van der Waals surface area (Å²) in [6, 6.07) is 7.32. The van der Waals surface area contributed by atoms with Crippen molar-refractivity contribution >= 4 is 51.9 Å². The average molecular weight is 558 g/mol. The molecule has 1 aliphatic rings. The first-order valence-corrected chi connectivity index (χ1v) is 12.8. The van der Waals surface area contributed by atoms with E-state index in [0.717, 1.165) is 0 Å². The van der Waals surface area contributed by atoms with Crippen molar-refractivity contribution in [1.82, 2.24) is 20.1 Å². The maximum absolute atomic E-state index is 13.4. The van der Waals surface area contributed by atoms with Gasteiger partial charge in [-0.05, 0) is 47.9 Å². The van der Waals surface area contributed by atoms with E-state index in [9.17, 15) is 22.9 Å². The van der Waals surface area contributed by atoms with E-state index in [1.54, 1.807) is 19.1 Å². The van der Waals surface area contributed by atoms with Crippen molar-refractivity contribution in [2.24, 2.45) is 0 Å². The highest BCUT2D eigenvalue weighted by molar-refractivity contribution is 7.92. The van der Waals surface area contributed by atoms with Crippen LogP contribution in [-0.4, -0.2) is 61.7 Å². The van der Waals surface area contributed by atoms with Crippen molar-refractivity contribution in [2.45, 2.75) is 19.5 Å². The molecule has 0 unspecified atom stereocenters. The smallest absolute Gasteiger partial charge is 0.274 e. The maximum Gasteiger partial charge on any atom is 0.274 e. The second kappa shape index (κ2) is 11.0. The van der Waals surface area contributed by atoms with E-state index in [1.807, 2.05) is 0 Å². The van der Waals surface area contributed by atoms with Gasteiger partial charge in [0.1, 0.15) is 17.2 Å². The number of hydrogen-bond donors (Lipinski definition) is 2. The number of carbonyl (C=O) groups is 2. The number of halogens is 4. The molecule has 1 fully saturated rings. The lowest BCUT2D eigenvalue weighted by Gasteiger charge is -2.27.